The van der Waals surface area contributed by atoms with Crippen molar-refractivity contribution in [2.75, 3.05) is 0 Å². The fourth-order valence-corrected chi connectivity index (χ4v) is 2.75. The molecule has 0 spiro atoms. The van der Waals surface area contributed by atoms with Crippen LogP contribution in [0.3, 0.4) is 0 Å². The molecule has 3 nitrogen and oxygen atoms in total. The van der Waals surface area contributed by atoms with Gasteiger partial charge in [-0.1, -0.05) is 59.6 Å². The van der Waals surface area contributed by atoms with Gasteiger partial charge in [-0.2, -0.15) is 5.10 Å². The van der Waals surface area contributed by atoms with Crippen LogP contribution in [0, 0.1) is 0 Å². The highest BCUT2D eigenvalue weighted by Crippen LogP contribution is 2.24. The van der Waals surface area contributed by atoms with Crippen molar-refractivity contribution in [2.24, 2.45) is 0 Å². The van der Waals surface area contributed by atoms with Crippen molar-refractivity contribution in [3.63, 3.8) is 0 Å². The summed E-state index contributed by atoms with van der Waals surface area (Å²) in [6.45, 7) is 0.407. The number of aliphatic hydroxyl groups excluding tert-OH is 1. The van der Waals surface area contributed by atoms with E-state index in [2.05, 4.69) is 5.10 Å². The summed E-state index contributed by atoms with van der Waals surface area (Å²) in [6.07, 6.45) is 0. The van der Waals surface area contributed by atoms with Gasteiger partial charge >= 0.3 is 0 Å². The topological polar surface area (TPSA) is 38.1 Å². The summed E-state index contributed by atoms with van der Waals surface area (Å²) < 4.78 is 1.76. The molecule has 0 amide bonds. The van der Waals surface area contributed by atoms with Crippen molar-refractivity contribution >= 4 is 23.2 Å². The minimum Gasteiger partial charge on any atom is -0.390 e. The quantitative estimate of drug-likeness (QED) is 0.769. The first-order chi connectivity index (χ1) is 10.7. The smallest absolute Gasteiger partial charge is 0.0927 e. The van der Waals surface area contributed by atoms with E-state index in [0.29, 0.717) is 16.6 Å². The molecular formula is C17H14Cl2N2O. The lowest BCUT2D eigenvalue weighted by Crippen LogP contribution is -2.06. The molecule has 112 valence electrons. The molecule has 0 fully saturated rings. The number of nitrogens with zero attached hydrogens (tertiary/aromatic N) is 2. The second kappa shape index (κ2) is 6.53. The molecule has 1 heterocycles. The maximum absolute atomic E-state index is 9.56. The van der Waals surface area contributed by atoms with Gasteiger partial charge in [0.25, 0.3) is 0 Å². The van der Waals surface area contributed by atoms with Crippen LogP contribution in [0.2, 0.25) is 10.0 Å². The Hall–Kier alpha value is -1.81. The number of hydrogen-bond acceptors (Lipinski definition) is 2. The van der Waals surface area contributed by atoms with Gasteiger partial charge in [0.15, 0.2) is 0 Å². The van der Waals surface area contributed by atoms with E-state index in [4.69, 9.17) is 23.2 Å². The fraction of sp³-hybridized carbons (Fsp3) is 0.118. The summed E-state index contributed by atoms with van der Waals surface area (Å²) >= 11 is 12.1. The zero-order valence-electron chi connectivity index (χ0n) is 11.7. The lowest BCUT2D eigenvalue weighted by molar-refractivity contribution is 0.269. The molecule has 0 saturated carbocycles. The normalized spacial score (nSPS) is 10.9. The second-order valence-corrected chi connectivity index (χ2v) is 5.78. The Labute approximate surface area is 138 Å². The van der Waals surface area contributed by atoms with E-state index in [1.807, 2.05) is 42.5 Å². The maximum atomic E-state index is 9.56. The van der Waals surface area contributed by atoms with Gasteiger partial charge in [0, 0.05) is 15.6 Å². The molecule has 0 saturated heterocycles. The zero-order chi connectivity index (χ0) is 15.5. The molecule has 3 aromatic rings. The van der Waals surface area contributed by atoms with Crippen molar-refractivity contribution in [3.05, 3.63) is 75.9 Å². The van der Waals surface area contributed by atoms with Crippen molar-refractivity contribution in [2.45, 2.75) is 13.2 Å². The van der Waals surface area contributed by atoms with E-state index in [0.717, 1.165) is 22.5 Å². The Balaban J connectivity index is 1.95. The van der Waals surface area contributed by atoms with Crippen LogP contribution in [0.4, 0.5) is 0 Å². The highest BCUT2D eigenvalue weighted by atomic mass is 35.5. The molecule has 1 aromatic heterocycles. The largest absolute Gasteiger partial charge is 0.390 e. The van der Waals surface area contributed by atoms with Crippen LogP contribution in [0.5, 0.6) is 0 Å². The van der Waals surface area contributed by atoms with Crippen molar-refractivity contribution < 1.29 is 5.11 Å². The van der Waals surface area contributed by atoms with E-state index in [9.17, 15) is 5.11 Å². The van der Waals surface area contributed by atoms with Crippen LogP contribution in [-0.4, -0.2) is 14.9 Å². The molecule has 22 heavy (non-hydrogen) atoms. The molecule has 0 bridgehead atoms. The second-order valence-electron chi connectivity index (χ2n) is 4.94. The van der Waals surface area contributed by atoms with Gasteiger partial charge in [-0.05, 0) is 23.8 Å². The van der Waals surface area contributed by atoms with E-state index < -0.39 is 0 Å². The molecule has 0 unspecified atom stereocenters. The van der Waals surface area contributed by atoms with Gasteiger partial charge in [-0.15, -0.1) is 0 Å². The van der Waals surface area contributed by atoms with E-state index >= 15 is 0 Å². The van der Waals surface area contributed by atoms with Crippen LogP contribution in [0.15, 0.2) is 54.6 Å². The van der Waals surface area contributed by atoms with E-state index in [1.54, 1.807) is 16.8 Å². The summed E-state index contributed by atoms with van der Waals surface area (Å²) in [5.41, 5.74) is 3.49. The van der Waals surface area contributed by atoms with Gasteiger partial charge in [-0.3, -0.25) is 4.68 Å². The van der Waals surface area contributed by atoms with Gasteiger partial charge in [0.1, 0.15) is 0 Å². The van der Waals surface area contributed by atoms with Crippen molar-refractivity contribution in [1.82, 2.24) is 9.78 Å². The monoisotopic (exact) mass is 332 g/mol. The van der Waals surface area contributed by atoms with Gasteiger partial charge in [-0.25, -0.2) is 0 Å². The van der Waals surface area contributed by atoms with Gasteiger partial charge in [0.05, 0.1) is 24.5 Å². The Morgan fingerprint density at radius 3 is 2.45 bits per heavy atom. The summed E-state index contributed by atoms with van der Waals surface area (Å²) in [6, 6.07) is 17.1. The Kier molecular flexibility index (Phi) is 4.48. The van der Waals surface area contributed by atoms with Crippen LogP contribution < -0.4 is 0 Å². The number of hydrogen-bond donors (Lipinski definition) is 1. The molecular weight excluding hydrogens is 319 g/mol. The molecule has 0 aliphatic rings. The standard InChI is InChI=1S/C17H14Cl2N2O/c18-14-7-6-13(16(19)8-14)10-21-15(11-22)9-17(20-21)12-4-2-1-3-5-12/h1-9,22H,10-11H2. The summed E-state index contributed by atoms with van der Waals surface area (Å²) in [5.74, 6) is 0. The molecule has 2 aromatic carbocycles. The molecule has 0 atom stereocenters. The number of benzene rings is 2. The Morgan fingerprint density at radius 1 is 1.00 bits per heavy atom. The molecule has 0 aliphatic carbocycles. The number of aliphatic hydroxyl groups is 1. The Bertz CT molecular complexity index is 785. The number of rotatable bonds is 4. The minimum absolute atomic E-state index is 0.0783. The highest BCUT2D eigenvalue weighted by Gasteiger charge is 2.11. The molecule has 1 N–H and O–H groups in total. The van der Waals surface area contributed by atoms with Gasteiger partial charge < -0.3 is 5.11 Å². The SMILES string of the molecule is OCc1cc(-c2ccccc2)nn1Cc1ccc(Cl)cc1Cl. The van der Waals surface area contributed by atoms with Gasteiger partial charge in [0.2, 0.25) is 0 Å². The Morgan fingerprint density at radius 2 is 1.77 bits per heavy atom. The van der Waals surface area contributed by atoms with E-state index in [-0.39, 0.29) is 6.61 Å². The average molecular weight is 333 g/mol. The fourth-order valence-electron chi connectivity index (χ4n) is 2.28. The minimum atomic E-state index is -0.0783. The maximum Gasteiger partial charge on any atom is 0.0927 e. The van der Waals surface area contributed by atoms with Crippen LogP contribution in [-0.2, 0) is 13.2 Å². The lowest BCUT2D eigenvalue weighted by atomic mass is 10.1. The number of halogens is 2. The first-order valence-electron chi connectivity index (χ1n) is 6.84. The third-order valence-electron chi connectivity index (χ3n) is 3.43. The zero-order valence-corrected chi connectivity index (χ0v) is 13.2. The lowest BCUT2D eigenvalue weighted by Gasteiger charge is -2.08. The van der Waals surface area contributed by atoms with Crippen LogP contribution in [0.25, 0.3) is 11.3 Å². The molecule has 0 radical (unpaired) electrons. The third kappa shape index (κ3) is 3.17. The summed E-state index contributed by atoms with van der Waals surface area (Å²) in [5, 5.41) is 15.3. The van der Waals surface area contributed by atoms with Crippen molar-refractivity contribution in [3.8, 4) is 11.3 Å². The molecule has 0 aliphatic heterocycles. The van der Waals surface area contributed by atoms with Crippen LogP contribution >= 0.6 is 23.2 Å². The first-order valence-corrected chi connectivity index (χ1v) is 7.60. The predicted octanol–water partition coefficient (Wildman–Crippen LogP) is 4.40. The number of aromatic nitrogens is 2. The van der Waals surface area contributed by atoms with Crippen LogP contribution in [0.1, 0.15) is 11.3 Å². The predicted molar refractivity (Wildman–Crippen MR) is 89.1 cm³/mol. The first kappa shape index (κ1) is 15.1. The molecule has 3 rings (SSSR count). The average Bonchev–Trinajstić information content (AvgIpc) is 2.94. The highest BCUT2D eigenvalue weighted by molar-refractivity contribution is 6.35. The van der Waals surface area contributed by atoms with Crippen molar-refractivity contribution in [1.29, 1.82) is 0 Å². The van der Waals surface area contributed by atoms with E-state index in [1.165, 1.54) is 0 Å². The summed E-state index contributed by atoms with van der Waals surface area (Å²) in [7, 11) is 0. The third-order valence-corrected chi connectivity index (χ3v) is 4.02. The summed E-state index contributed by atoms with van der Waals surface area (Å²) in [4.78, 5) is 0. The molecule has 5 heteroatoms.